The normalized spacial score (nSPS) is 29.0. The highest BCUT2D eigenvalue weighted by Crippen LogP contribution is 2.46. The lowest BCUT2D eigenvalue weighted by molar-refractivity contribution is -0.244. The van der Waals surface area contributed by atoms with Crippen molar-refractivity contribution in [3.05, 3.63) is 60.7 Å². The molecule has 0 spiro atoms. The summed E-state index contributed by atoms with van der Waals surface area (Å²) in [4.78, 5) is 62.3. The number of carbonyl (C=O) groups is 4. The molecule has 2 saturated carbocycles. The van der Waals surface area contributed by atoms with E-state index < -0.39 is 86.4 Å². The van der Waals surface area contributed by atoms with Gasteiger partial charge < -0.3 is 25.0 Å². The van der Waals surface area contributed by atoms with Crippen LogP contribution in [0, 0.1) is 17.8 Å². The van der Waals surface area contributed by atoms with Crippen LogP contribution < -0.4 is 20.1 Å². The highest BCUT2D eigenvalue weighted by molar-refractivity contribution is 7.91. The molecular weight excluding hydrogens is 780 g/mol. The Labute approximate surface area is 334 Å². The van der Waals surface area contributed by atoms with E-state index in [-0.39, 0.29) is 31.2 Å². The minimum atomic E-state index is -4.91. The third-order valence-electron chi connectivity index (χ3n) is 11.8. The number of alkyl carbamates (subject to hydrolysis) is 1. The van der Waals surface area contributed by atoms with E-state index in [9.17, 15) is 40.8 Å². The Morgan fingerprint density at radius 1 is 0.966 bits per heavy atom. The SMILES string of the molecule is C[C@@H]1CC/C=C\[C@@H]2C[C@@]2(C(=O)NS(=O)(=O)C2CC2)NC(=O)C2C[C@@H](Oc3nc4ccccc4c4ccccc34)CN2C(=O)[C@@H](NC(=O)OC(C)(C)C(F)(F)F)[C@H](C)C1. The average Bonchev–Trinajstić information content (AvgIpc) is 4.08. The largest absolute Gasteiger partial charge is 0.472 e. The molecule has 0 bridgehead atoms. The van der Waals surface area contributed by atoms with Gasteiger partial charge in [-0.1, -0.05) is 62.4 Å². The Morgan fingerprint density at radius 2 is 1.64 bits per heavy atom. The predicted octanol–water partition coefficient (Wildman–Crippen LogP) is 5.67. The van der Waals surface area contributed by atoms with E-state index in [2.05, 4.69) is 15.4 Å². The Kier molecular flexibility index (Phi) is 10.9. The minimum Gasteiger partial charge on any atom is -0.472 e. The quantitative estimate of drug-likeness (QED) is 0.201. The number of amides is 4. The summed E-state index contributed by atoms with van der Waals surface area (Å²) in [6.07, 6.45) is -1.16. The second-order valence-corrected chi connectivity index (χ2v) is 18.7. The van der Waals surface area contributed by atoms with Gasteiger partial charge in [-0.2, -0.15) is 13.2 Å². The van der Waals surface area contributed by atoms with E-state index in [1.165, 1.54) is 4.90 Å². The van der Waals surface area contributed by atoms with Crippen LogP contribution in [0.1, 0.15) is 72.6 Å². The van der Waals surface area contributed by atoms with E-state index >= 15 is 0 Å². The van der Waals surface area contributed by atoms with Crippen molar-refractivity contribution < 1.29 is 50.2 Å². The third kappa shape index (κ3) is 8.32. The number of ether oxygens (including phenoxy) is 2. The maximum absolute atomic E-state index is 14.8. The molecular formula is C41H48F3N5O8S. The first-order valence-corrected chi connectivity index (χ1v) is 21.2. The number of sulfonamides is 1. The van der Waals surface area contributed by atoms with E-state index in [0.29, 0.717) is 56.9 Å². The molecule has 0 radical (unpaired) electrons. The number of carbonyl (C=O) groups excluding carboxylic acids is 4. The van der Waals surface area contributed by atoms with Gasteiger partial charge >= 0.3 is 12.3 Å². The van der Waals surface area contributed by atoms with Crippen molar-refractivity contribution >= 4 is 55.5 Å². The summed E-state index contributed by atoms with van der Waals surface area (Å²) in [6, 6.07) is 12.2. The van der Waals surface area contributed by atoms with E-state index in [0.717, 1.165) is 10.8 Å². The smallest absolute Gasteiger partial charge is 0.427 e. The molecule has 4 amide bonds. The van der Waals surface area contributed by atoms with Gasteiger partial charge in [-0.25, -0.2) is 18.2 Å². The maximum atomic E-state index is 14.8. The number of benzene rings is 2. The van der Waals surface area contributed by atoms with E-state index in [4.69, 9.17) is 14.5 Å². The number of nitrogens with one attached hydrogen (secondary N) is 3. The van der Waals surface area contributed by atoms with Crippen LogP contribution in [0.25, 0.3) is 21.7 Å². The van der Waals surface area contributed by atoms with Gasteiger partial charge in [0.2, 0.25) is 33.3 Å². The van der Waals surface area contributed by atoms with E-state index in [1.807, 2.05) is 61.5 Å². The van der Waals surface area contributed by atoms with Crippen LogP contribution >= 0.6 is 0 Å². The van der Waals surface area contributed by atoms with Crippen LogP contribution in [0.15, 0.2) is 60.7 Å². The molecule has 3 N–H and O–H groups in total. The second kappa shape index (κ2) is 15.3. The number of para-hydroxylation sites is 1. The number of allylic oxidation sites excluding steroid dienone is 1. The summed E-state index contributed by atoms with van der Waals surface area (Å²) < 4.78 is 80.6. The molecule has 7 rings (SSSR count). The van der Waals surface area contributed by atoms with Crippen LogP contribution in [0.4, 0.5) is 18.0 Å². The number of halogens is 3. The third-order valence-corrected chi connectivity index (χ3v) is 13.6. The second-order valence-electron chi connectivity index (χ2n) is 16.8. The van der Waals surface area contributed by atoms with Crippen molar-refractivity contribution in [1.29, 1.82) is 0 Å². The summed E-state index contributed by atoms with van der Waals surface area (Å²) in [5.74, 6) is -3.35. The van der Waals surface area contributed by atoms with Crippen LogP contribution in [0.5, 0.6) is 5.88 Å². The molecule has 3 fully saturated rings. The lowest BCUT2D eigenvalue weighted by Gasteiger charge is -2.34. The lowest BCUT2D eigenvalue weighted by atomic mass is 9.88. The van der Waals surface area contributed by atoms with Crippen molar-refractivity contribution in [3.63, 3.8) is 0 Å². The highest BCUT2D eigenvalue weighted by atomic mass is 32.2. The molecule has 312 valence electrons. The summed E-state index contributed by atoms with van der Waals surface area (Å²) in [5.41, 5.74) is -3.86. The predicted molar refractivity (Wildman–Crippen MR) is 208 cm³/mol. The first-order chi connectivity index (χ1) is 27.3. The number of nitrogens with zero attached hydrogens (tertiary/aromatic N) is 2. The fraction of sp³-hybridized carbons (Fsp3) is 0.537. The Balaban J connectivity index is 1.24. The van der Waals surface area contributed by atoms with E-state index in [1.54, 1.807) is 13.0 Å². The lowest BCUT2D eigenvalue weighted by Crippen LogP contribution is -2.59. The van der Waals surface area contributed by atoms with Gasteiger partial charge in [-0.05, 0) is 81.7 Å². The first-order valence-electron chi connectivity index (χ1n) is 19.7. The topological polar surface area (TPSA) is 173 Å². The van der Waals surface area contributed by atoms with Gasteiger partial charge in [0.1, 0.15) is 23.7 Å². The maximum Gasteiger partial charge on any atom is 0.427 e. The van der Waals surface area contributed by atoms with Gasteiger partial charge in [0.25, 0.3) is 5.91 Å². The first kappa shape index (κ1) is 41.2. The number of pyridine rings is 1. The van der Waals surface area contributed by atoms with Crippen molar-refractivity contribution in [1.82, 2.24) is 25.2 Å². The molecule has 1 aromatic heterocycles. The molecule has 1 unspecified atom stereocenters. The minimum absolute atomic E-state index is 0.0297. The molecule has 3 heterocycles. The Bertz CT molecular complexity index is 2260. The average molecular weight is 828 g/mol. The van der Waals surface area contributed by atoms with Crippen molar-refractivity contribution in [2.75, 3.05) is 6.54 Å². The summed E-state index contributed by atoms with van der Waals surface area (Å²) >= 11 is 0. The number of hydrogen-bond acceptors (Lipinski definition) is 9. The monoisotopic (exact) mass is 827 g/mol. The summed E-state index contributed by atoms with van der Waals surface area (Å²) in [7, 11) is -3.98. The zero-order chi connectivity index (χ0) is 41.8. The molecule has 7 atom stereocenters. The molecule has 3 aromatic rings. The molecule has 58 heavy (non-hydrogen) atoms. The molecule has 2 aliphatic heterocycles. The standard InChI is InChI=1S/C41H48F3N5O8S/c1-23-11-5-6-12-25-21-40(25,37(52)48-58(54,55)27-17-18-27)47-34(50)32-20-26(56-35-30-15-8-7-13-28(30)29-14-9-10-16-31(29)45-35)22-49(32)36(51)33(24(2)19-23)46-38(53)57-39(3,4)41(42,43)44/h6-10,12-16,23-27,32-33H,5,11,17-22H2,1-4H3,(H,46,53)(H,47,50)(H,48,52)/b12-6-/t23-,24-,25-,26-,32?,33+,40-/m1/s1. The van der Waals surface area contributed by atoms with Gasteiger partial charge in [0.15, 0.2) is 0 Å². The van der Waals surface area contributed by atoms with Gasteiger partial charge in [0.05, 0.1) is 17.3 Å². The van der Waals surface area contributed by atoms with Crippen molar-refractivity contribution in [2.24, 2.45) is 17.8 Å². The zero-order valence-corrected chi connectivity index (χ0v) is 33.5. The molecule has 17 heteroatoms. The molecule has 2 aliphatic carbocycles. The van der Waals surface area contributed by atoms with Crippen LogP contribution in [0.3, 0.4) is 0 Å². The summed E-state index contributed by atoms with van der Waals surface area (Å²) in [6.45, 7) is 4.85. The summed E-state index contributed by atoms with van der Waals surface area (Å²) in [5, 5.41) is 6.93. The van der Waals surface area contributed by atoms with Gasteiger partial charge in [-0.3, -0.25) is 19.1 Å². The molecule has 2 aromatic carbocycles. The van der Waals surface area contributed by atoms with Crippen LogP contribution in [0.2, 0.25) is 0 Å². The van der Waals surface area contributed by atoms with Gasteiger partial charge in [0, 0.05) is 23.1 Å². The number of alkyl halides is 3. The zero-order valence-electron chi connectivity index (χ0n) is 32.7. The van der Waals surface area contributed by atoms with Crippen molar-refractivity contribution in [3.8, 4) is 5.88 Å². The number of hydrogen-bond donors (Lipinski definition) is 3. The molecule has 4 aliphatic rings. The number of aromatic nitrogens is 1. The Hall–Kier alpha value is -4.93. The van der Waals surface area contributed by atoms with Crippen LogP contribution in [-0.4, -0.2) is 89.4 Å². The highest BCUT2D eigenvalue weighted by Gasteiger charge is 2.62. The number of fused-ring (bicyclic) bond motifs is 5. The molecule has 13 nitrogen and oxygen atoms in total. The Morgan fingerprint density at radius 3 is 2.33 bits per heavy atom. The molecule has 1 saturated heterocycles. The fourth-order valence-electron chi connectivity index (χ4n) is 8.06. The van der Waals surface area contributed by atoms with Gasteiger partial charge in [-0.15, -0.1) is 0 Å². The fourth-order valence-corrected chi connectivity index (χ4v) is 9.43. The van der Waals surface area contributed by atoms with Crippen molar-refractivity contribution in [2.45, 2.75) is 113 Å². The number of rotatable bonds is 7. The van der Waals surface area contributed by atoms with Crippen LogP contribution in [-0.2, 0) is 29.1 Å².